The summed E-state index contributed by atoms with van der Waals surface area (Å²) in [5.41, 5.74) is 1.18. The minimum atomic E-state index is 0.173. The Morgan fingerprint density at radius 3 is 2.79 bits per heavy atom. The van der Waals surface area contributed by atoms with E-state index in [0.717, 1.165) is 25.8 Å². The van der Waals surface area contributed by atoms with Crippen molar-refractivity contribution in [2.75, 3.05) is 25.0 Å². The number of nitrogens with one attached hydrogen (secondary N) is 1. The van der Waals surface area contributed by atoms with Gasteiger partial charge < -0.3 is 10.2 Å². The minimum absolute atomic E-state index is 0.173. The third kappa shape index (κ3) is 4.12. The maximum atomic E-state index is 12.0. The van der Waals surface area contributed by atoms with E-state index in [-0.39, 0.29) is 11.8 Å². The van der Waals surface area contributed by atoms with Gasteiger partial charge in [-0.15, -0.1) is 0 Å². The first kappa shape index (κ1) is 13.7. The molecule has 1 amide bonds. The predicted octanol–water partition coefficient (Wildman–Crippen LogP) is 2.60. The first-order valence-corrected chi connectivity index (χ1v) is 6.96. The quantitative estimate of drug-likeness (QED) is 0.823. The Balaban J connectivity index is 1.71. The molecule has 1 aromatic rings. The van der Waals surface area contributed by atoms with Gasteiger partial charge in [0.05, 0.1) is 0 Å². The second kappa shape index (κ2) is 6.98. The van der Waals surface area contributed by atoms with Crippen LogP contribution in [0.2, 0.25) is 0 Å². The molecule has 1 aromatic carbocycles. The third-order valence-corrected chi connectivity index (χ3v) is 3.58. The molecule has 3 heteroatoms. The molecule has 1 atom stereocenters. The van der Waals surface area contributed by atoms with Gasteiger partial charge in [-0.1, -0.05) is 30.4 Å². The van der Waals surface area contributed by atoms with E-state index in [1.807, 2.05) is 25.2 Å². The van der Waals surface area contributed by atoms with Crippen LogP contribution >= 0.6 is 0 Å². The van der Waals surface area contributed by atoms with Crippen LogP contribution in [0, 0.1) is 5.92 Å². The van der Waals surface area contributed by atoms with Crippen molar-refractivity contribution in [2.45, 2.75) is 19.3 Å². The van der Waals surface area contributed by atoms with Crippen LogP contribution in [0.25, 0.3) is 0 Å². The average molecular weight is 258 g/mol. The predicted molar refractivity (Wildman–Crippen MR) is 79.2 cm³/mol. The summed E-state index contributed by atoms with van der Waals surface area (Å²) >= 11 is 0. The van der Waals surface area contributed by atoms with Gasteiger partial charge in [-0.3, -0.25) is 4.79 Å². The number of hydrogen-bond acceptors (Lipinski definition) is 2. The van der Waals surface area contributed by atoms with Crippen LogP contribution in [0.1, 0.15) is 19.3 Å². The molecule has 3 nitrogen and oxygen atoms in total. The Kier molecular flexibility index (Phi) is 5.01. The van der Waals surface area contributed by atoms with Gasteiger partial charge in [-0.05, 0) is 31.4 Å². The topological polar surface area (TPSA) is 32.3 Å². The molecule has 0 aliphatic heterocycles. The van der Waals surface area contributed by atoms with E-state index in [2.05, 4.69) is 34.5 Å². The molecule has 0 saturated heterocycles. The second-order valence-corrected chi connectivity index (χ2v) is 5.03. The summed E-state index contributed by atoms with van der Waals surface area (Å²) in [5.74, 6) is 0.373. The highest BCUT2D eigenvalue weighted by Crippen LogP contribution is 2.17. The number of nitrogens with zero attached hydrogens (tertiary/aromatic N) is 1. The molecule has 1 aliphatic rings. The molecule has 0 fully saturated rings. The maximum absolute atomic E-state index is 12.0. The van der Waals surface area contributed by atoms with Crippen molar-refractivity contribution >= 4 is 11.6 Å². The Hall–Kier alpha value is -1.77. The van der Waals surface area contributed by atoms with Crippen LogP contribution in [0.3, 0.4) is 0 Å². The van der Waals surface area contributed by atoms with Crippen LogP contribution < -0.4 is 10.2 Å². The summed E-state index contributed by atoms with van der Waals surface area (Å²) < 4.78 is 0. The van der Waals surface area contributed by atoms with Crippen molar-refractivity contribution in [1.82, 2.24) is 5.32 Å². The smallest absolute Gasteiger partial charge is 0.223 e. The number of likely N-dealkylation sites (N-methyl/N-ethyl adjacent to an activating group) is 1. The number of allylic oxidation sites excluding steroid dienone is 2. The summed E-state index contributed by atoms with van der Waals surface area (Å²) in [4.78, 5) is 14.1. The minimum Gasteiger partial charge on any atom is -0.373 e. The molecule has 19 heavy (non-hydrogen) atoms. The molecule has 0 heterocycles. The van der Waals surface area contributed by atoms with E-state index >= 15 is 0 Å². The number of carbonyl (C=O) groups is 1. The molecule has 1 unspecified atom stereocenters. The number of para-hydroxylation sites is 1. The fourth-order valence-corrected chi connectivity index (χ4v) is 2.33. The number of anilines is 1. The fraction of sp³-hybridized carbons (Fsp3) is 0.438. The van der Waals surface area contributed by atoms with E-state index in [9.17, 15) is 4.79 Å². The van der Waals surface area contributed by atoms with E-state index in [1.165, 1.54) is 5.69 Å². The first-order chi connectivity index (χ1) is 9.27. The zero-order chi connectivity index (χ0) is 13.5. The summed E-state index contributed by atoms with van der Waals surface area (Å²) in [5, 5.41) is 3.04. The van der Waals surface area contributed by atoms with Crippen LogP contribution in [0.5, 0.6) is 0 Å². The molecule has 2 rings (SSSR count). The van der Waals surface area contributed by atoms with Gasteiger partial charge >= 0.3 is 0 Å². The van der Waals surface area contributed by atoms with Crippen molar-refractivity contribution < 1.29 is 4.79 Å². The van der Waals surface area contributed by atoms with Crippen LogP contribution in [0.15, 0.2) is 42.5 Å². The molecule has 0 saturated carbocycles. The van der Waals surface area contributed by atoms with E-state index in [1.54, 1.807) is 0 Å². The number of carbonyl (C=O) groups excluding carboxylic acids is 1. The normalized spacial score (nSPS) is 18.1. The number of rotatable bonds is 5. The van der Waals surface area contributed by atoms with Crippen LogP contribution in [-0.4, -0.2) is 26.0 Å². The molecule has 0 radical (unpaired) electrons. The van der Waals surface area contributed by atoms with Crippen molar-refractivity contribution in [3.63, 3.8) is 0 Å². The zero-order valence-electron chi connectivity index (χ0n) is 11.5. The van der Waals surface area contributed by atoms with Crippen molar-refractivity contribution in [3.8, 4) is 0 Å². The van der Waals surface area contributed by atoms with Crippen LogP contribution in [-0.2, 0) is 4.79 Å². The summed E-state index contributed by atoms with van der Waals surface area (Å²) in [6.07, 6.45) is 7.18. The number of amides is 1. The van der Waals surface area contributed by atoms with E-state index in [0.29, 0.717) is 6.54 Å². The largest absolute Gasteiger partial charge is 0.373 e. The molecule has 102 valence electrons. The Morgan fingerprint density at radius 1 is 1.32 bits per heavy atom. The van der Waals surface area contributed by atoms with Crippen LogP contribution in [0.4, 0.5) is 5.69 Å². The Bertz CT molecular complexity index is 428. The monoisotopic (exact) mass is 258 g/mol. The summed E-state index contributed by atoms with van der Waals surface area (Å²) in [6, 6.07) is 10.2. The fourth-order valence-electron chi connectivity index (χ4n) is 2.33. The molecule has 0 bridgehead atoms. The highest BCUT2D eigenvalue weighted by atomic mass is 16.1. The van der Waals surface area contributed by atoms with Gasteiger partial charge in [0, 0.05) is 31.7 Å². The first-order valence-electron chi connectivity index (χ1n) is 6.96. The van der Waals surface area contributed by atoms with E-state index < -0.39 is 0 Å². The SMILES string of the molecule is CN(CCNC(=O)C1CC=CCC1)c1ccccc1. The van der Waals surface area contributed by atoms with Crippen molar-refractivity contribution in [1.29, 1.82) is 0 Å². The highest BCUT2D eigenvalue weighted by Gasteiger charge is 2.17. The van der Waals surface area contributed by atoms with Gasteiger partial charge in [0.25, 0.3) is 0 Å². The lowest BCUT2D eigenvalue weighted by molar-refractivity contribution is -0.125. The lowest BCUT2D eigenvalue weighted by Crippen LogP contribution is -2.36. The Morgan fingerprint density at radius 2 is 2.11 bits per heavy atom. The molecule has 0 spiro atoms. The van der Waals surface area contributed by atoms with Gasteiger partial charge in [0.1, 0.15) is 0 Å². The molecule has 1 aliphatic carbocycles. The lowest BCUT2D eigenvalue weighted by Gasteiger charge is -2.21. The summed E-state index contributed by atoms with van der Waals surface area (Å²) in [7, 11) is 2.05. The van der Waals surface area contributed by atoms with Gasteiger partial charge in [-0.2, -0.15) is 0 Å². The van der Waals surface area contributed by atoms with E-state index in [4.69, 9.17) is 0 Å². The van der Waals surface area contributed by atoms with Crippen molar-refractivity contribution in [3.05, 3.63) is 42.5 Å². The molecule has 1 N–H and O–H groups in total. The van der Waals surface area contributed by atoms with Gasteiger partial charge in [0.15, 0.2) is 0 Å². The zero-order valence-corrected chi connectivity index (χ0v) is 11.5. The van der Waals surface area contributed by atoms with Crippen molar-refractivity contribution in [2.24, 2.45) is 5.92 Å². The molecular formula is C16H22N2O. The average Bonchev–Trinajstić information content (AvgIpc) is 2.49. The lowest BCUT2D eigenvalue weighted by atomic mass is 9.94. The third-order valence-electron chi connectivity index (χ3n) is 3.58. The summed E-state index contributed by atoms with van der Waals surface area (Å²) in [6.45, 7) is 1.53. The van der Waals surface area contributed by atoms with Gasteiger partial charge in [-0.25, -0.2) is 0 Å². The standard InChI is InChI=1S/C16H22N2O/c1-18(15-10-6-3-7-11-15)13-12-17-16(19)14-8-4-2-5-9-14/h2-4,6-7,10-11,14H,5,8-9,12-13H2,1H3,(H,17,19). The molecular weight excluding hydrogens is 236 g/mol. The number of hydrogen-bond donors (Lipinski definition) is 1. The molecule has 0 aromatic heterocycles. The number of benzene rings is 1. The van der Waals surface area contributed by atoms with Gasteiger partial charge in [0.2, 0.25) is 5.91 Å². The second-order valence-electron chi connectivity index (χ2n) is 5.03. The highest BCUT2D eigenvalue weighted by molar-refractivity contribution is 5.79. The Labute approximate surface area is 115 Å². The maximum Gasteiger partial charge on any atom is 0.223 e.